The molecule has 3 aliphatic heterocycles. The lowest BCUT2D eigenvalue weighted by molar-refractivity contribution is 0.0570. The van der Waals surface area contributed by atoms with Crippen molar-refractivity contribution in [3.05, 3.63) is 47.0 Å². The van der Waals surface area contributed by atoms with Crippen molar-refractivity contribution < 1.29 is 27.2 Å². The predicted molar refractivity (Wildman–Crippen MR) is 164 cm³/mol. The summed E-state index contributed by atoms with van der Waals surface area (Å²) in [6.07, 6.45) is 6.13. The second-order valence-electron chi connectivity index (χ2n) is 12.8. The van der Waals surface area contributed by atoms with Crippen LogP contribution in [0.15, 0.2) is 39.8 Å². The molecule has 44 heavy (non-hydrogen) atoms. The summed E-state index contributed by atoms with van der Waals surface area (Å²) in [5, 5.41) is 4.23. The first kappa shape index (κ1) is 27.8. The Kier molecular flexibility index (Phi) is 6.39. The summed E-state index contributed by atoms with van der Waals surface area (Å²) in [4.78, 5) is 20.0. The third-order valence-corrected chi connectivity index (χ3v) is 11.7. The minimum absolute atomic E-state index is 0.0249. The van der Waals surface area contributed by atoms with Gasteiger partial charge in [0.15, 0.2) is 16.5 Å². The molecule has 2 aliphatic carbocycles. The second kappa shape index (κ2) is 10.1. The number of aromatic nitrogens is 1. The van der Waals surface area contributed by atoms with Gasteiger partial charge in [0.1, 0.15) is 11.5 Å². The van der Waals surface area contributed by atoms with Crippen LogP contribution in [0, 0.1) is 0 Å². The van der Waals surface area contributed by atoms with Gasteiger partial charge in [0.2, 0.25) is 0 Å². The summed E-state index contributed by atoms with van der Waals surface area (Å²) < 4.78 is 47.7. The summed E-state index contributed by atoms with van der Waals surface area (Å²) in [7, 11) is -1.47. The fraction of sp³-hybridized carbons (Fsp3) is 0.500. The van der Waals surface area contributed by atoms with Crippen molar-refractivity contribution in [3.8, 4) is 22.8 Å². The molecule has 1 atom stereocenters. The number of carbonyl (C=O) groups is 1. The topological polar surface area (TPSA) is 117 Å². The van der Waals surface area contributed by atoms with Crippen molar-refractivity contribution in [2.24, 2.45) is 0 Å². The Morgan fingerprint density at radius 1 is 1.02 bits per heavy atom. The number of rotatable bonds is 7. The van der Waals surface area contributed by atoms with E-state index >= 15 is 0 Å². The Balaban J connectivity index is 1.11. The van der Waals surface area contributed by atoms with Gasteiger partial charge in [-0.1, -0.05) is 11.2 Å². The Labute approximate surface area is 257 Å². The molecule has 3 saturated heterocycles. The van der Waals surface area contributed by atoms with E-state index in [0.29, 0.717) is 36.9 Å². The molecule has 5 aliphatic rings. The molecule has 12 heteroatoms. The molecule has 1 spiro atoms. The quantitative estimate of drug-likeness (QED) is 0.421. The number of fused-ring (bicyclic) bond motifs is 5. The highest BCUT2D eigenvalue weighted by molar-refractivity contribution is 7.93. The lowest BCUT2D eigenvalue weighted by Crippen LogP contribution is -2.52. The van der Waals surface area contributed by atoms with E-state index in [-0.39, 0.29) is 33.5 Å². The predicted octanol–water partition coefficient (Wildman–Crippen LogP) is 3.88. The van der Waals surface area contributed by atoms with Gasteiger partial charge in [-0.2, -0.15) is 0 Å². The van der Waals surface area contributed by atoms with E-state index in [1.165, 1.54) is 38.3 Å². The van der Waals surface area contributed by atoms with E-state index in [9.17, 15) is 13.2 Å². The van der Waals surface area contributed by atoms with Crippen molar-refractivity contribution in [1.29, 1.82) is 0 Å². The Bertz CT molecular complexity index is 1740. The number of piperazine rings is 1. The third kappa shape index (κ3) is 4.36. The first-order chi connectivity index (χ1) is 21.3. The third-order valence-electron chi connectivity index (χ3n) is 10.3. The Morgan fingerprint density at radius 2 is 1.80 bits per heavy atom. The molecule has 0 unspecified atom stereocenters. The van der Waals surface area contributed by atoms with E-state index in [0.717, 1.165) is 68.7 Å². The zero-order chi connectivity index (χ0) is 30.2. The fourth-order valence-electron chi connectivity index (χ4n) is 7.55. The van der Waals surface area contributed by atoms with Crippen LogP contribution in [0.3, 0.4) is 0 Å². The molecule has 1 N–H and O–H groups in total. The fourth-order valence-corrected chi connectivity index (χ4v) is 8.89. The summed E-state index contributed by atoms with van der Waals surface area (Å²) in [6, 6.07) is 9.90. The largest absolute Gasteiger partial charge is 0.495 e. The van der Waals surface area contributed by atoms with Crippen molar-refractivity contribution in [2.45, 2.75) is 54.9 Å². The number of carbonyl (C=O) groups excluding carboxylic acids is 1. The highest BCUT2D eigenvalue weighted by Crippen LogP contribution is 2.59. The Morgan fingerprint density at radius 3 is 2.48 bits per heavy atom. The normalized spacial score (nSPS) is 21.7. The molecule has 1 aromatic heterocycles. The molecule has 232 valence electrons. The van der Waals surface area contributed by atoms with Gasteiger partial charge in [-0.3, -0.25) is 14.4 Å². The number of ether oxygens (including phenoxy) is 2. The van der Waals surface area contributed by atoms with Gasteiger partial charge in [-0.15, -0.1) is 0 Å². The minimum Gasteiger partial charge on any atom is -0.495 e. The number of nitrogens with one attached hydrogen (secondary N) is 1. The van der Waals surface area contributed by atoms with Gasteiger partial charge in [0.05, 0.1) is 14.2 Å². The maximum Gasteiger partial charge on any atom is 0.270 e. The van der Waals surface area contributed by atoms with Crippen molar-refractivity contribution in [3.63, 3.8) is 0 Å². The van der Waals surface area contributed by atoms with Crippen molar-refractivity contribution in [1.82, 2.24) is 15.0 Å². The van der Waals surface area contributed by atoms with E-state index in [1.807, 2.05) is 4.90 Å². The molecule has 11 nitrogen and oxygen atoms in total. The van der Waals surface area contributed by atoms with E-state index in [1.54, 1.807) is 0 Å². The summed E-state index contributed by atoms with van der Waals surface area (Å²) in [5.74, 6) is 0.673. The number of sulfonamides is 1. The Hall–Kier alpha value is -3.77. The number of amides is 1. The molecule has 2 aromatic carbocycles. The molecule has 8 rings (SSSR count). The van der Waals surface area contributed by atoms with Crippen molar-refractivity contribution >= 4 is 27.4 Å². The number of hydrogen-bond donors (Lipinski definition) is 1. The SMILES string of the molecule is COc1cc(C(=O)N2CCN3CCC[C@@H]3C2)cc(OC)c1S(=O)(=O)Nc1noc2c1CC1(CC1)c1ccc(N3CCC3)cc1-2. The maximum atomic E-state index is 14.0. The van der Waals surface area contributed by atoms with Crippen LogP contribution in [0.4, 0.5) is 11.5 Å². The smallest absolute Gasteiger partial charge is 0.270 e. The van der Waals surface area contributed by atoms with Gasteiger partial charge in [0, 0.05) is 66.6 Å². The summed E-state index contributed by atoms with van der Waals surface area (Å²) in [6.45, 7) is 5.27. The second-order valence-corrected chi connectivity index (χ2v) is 14.4. The van der Waals surface area contributed by atoms with Gasteiger partial charge >= 0.3 is 0 Å². The van der Waals surface area contributed by atoms with Crippen LogP contribution in [0.1, 0.15) is 53.6 Å². The number of methoxy groups -OCH3 is 2. The standard InChI is InChI=1S/C32H37N5O6S/c1-41-26-15-20(31(38)37-14-13-36-10-3-5-22(36)19-37)16-27(42-2)29(26)44(39,40)34-30-24-18-32(8-9-32)25-7-6-21(35-11-4-12-35)17-23(25)28(24)43-33-30/h6-7,15-17,22H,3-5,8-14,18-19H2,1-2H3,(H,33,34)/t22-/m1/s1. The lowest BCUT2D eigenvalue weighted by Gasteiger charge is -2.37. The average Bonchev–Trinajstić information content (AvgIpc) is 3.42. The van der Waals surface area contributed by atoms with Gasteiger partial charge in [-0.05, 0) is 74.9 Å². The van der Waals surface area contributed by atoms with Crippen LogP contribution in [0.5, 0.6) is 11.5 Å². The van der Waals surface area contributed by atoms with Gasteiger partial charge in [-0.25, -0.2) is 8.42 Å². The highest BCUT2D eigenvalue weighted by Gasteiger charge is 2.51. The van der Waals surface area contributed by atoms with E-state index < -0.39 is 10.0 Å². The van der Waals surface area contributed by atoms with Crippen LogP contribution in [0.25, 0.3) is 11.3 Å². The zero-order valence-corrected chi connectivity index (χ0v) is 25.9. The van der Waals surface area contributed by atoms with Gasteiger partial charge in [0.25, 0.3) is 15.9 Å². The molecule has 3 aromatic rings. The number of nitrogens with zero attached hydrogens (tertiary/aromatic N) is 4. The van der Waals surface area contributed by atoms with E-state index in [4.69, 9.17) is 14.0 Å². The molecule has 1 amide bonds. The average molecular weight is 620 g/mol. The number of benzene rings is 2. The first-order valence-electron chi connectivity index (χ1n) is 15.5. The van der Waals surface area contributed by atoms with Crippen LogP contribution >= 0.6 is 0 Å². The molecule has 0 bridgehead atoms. The van der Waals surface area contributed by atoms with Crippen LogP contribution < -0.4 is 19.1 Å². The zero-order valence-electron chi connectivity index (χ0n) is 25.1. The lowest BCUT2D eigenvalue weighted by atomic mass is 9.79. The van der Waals surface area contributed by atoms with Gasteiger partial charge < -0.3 is 23.8 Å². The molecule has 0 radical (unpaired) electrons. The number of anilines is 2. The van der Waals surface area contributed by atoms with E-state index in [2.05, 4.69) is 37.9 Å². The van der Waals surface area contributed by atoms with Crippen molar-refractivity contribution in [2.75, 3.05) is 63.1 Å². The monoisotopic (exact) mass is 619 g/mol. The highest BCUT2D eigenvalue weighted by atomic mass is 32.2. The maximum absolute atomic E-state index is 14.0. The summed E-state index contributed by atoms with van der Waals surface area (Å²) >= 11 is 0. The van der Waals surface area contributed by atoms with Crippen LogP contribution in [-0.4, -0.2) is 88.8 Å². The van der Waals surface area contributed by atoms with Crippen LogP contribution in [0.2, 0.25) is 0 Å². The molecule has 4 fully saturated rings. The molecule has 4 heterocycles. The molecular weight excluding hydrogens is 582 g/mol. The van der Waals surface area contributed by atoms with Crippen LogP contribution in [-0.2, 0) is 21.9 Å². The first-order valence-corrected chi connectivity index (χ1v) is 17.0. The molecular formula is C32H37N5O6S. The molecule has 1 saturated carbocycles. The summed E-state index contributed by atoms with van der Waals surface area (Å²) in [5.41, 5.74) is 4.44. The minimum atomic E-state index is -4.25. The number of hydrogen-bond acceptors (Lipinski definition) is 9.